The lowest BCUT2D eigenvalue weighted by molar-refractivity contribution is 0.145. The average molecular weight is 408 g/mol. The molecule has 0 atom stereocenters. The fourth-order valence-corrected chi connectivity index (χ4v) is 4.45. The van der Waals surface area contributed by atoms with E-state index in [0.29, 0.717) is 11.5 Å². The summed E-state index contributed by atoms with van der Waals surface area (Å²) in [5.74, 6) is -1.06. The highest BCUT2D eigenvalue weighted by atomic mass is 19.3. The minimum atomic E-state index is -2.76. The van der Waals surface area contributed by atoms with Crippen molar-refractivity contribution < 1.29 is 22.3 Å². The van der Waals surface area contributed by atoms with Gasteiger partial charge in [-0.3, -0.25) is 0 Å². The summed E-state index contributed by atoms with van der Waals surface area (Å²) in [4.78, 5) is 0. The molecule has 29 heavy (non-hydrogen) atoms. The molecule has 0 amide bonds. The maximum absolute atomic E-state index is 14.9. The van der Waals surface area contributed by atoms with Crippen molar-refractivity contribution in [2.24, 2.45) is 5.92 Å². The number of hydrogen-bond donors (Lipinski definition) is 0. The van der Waals surface area contributed by atoms with Crippen molar-refractivity contribution in [1.82, 2.24) is 0 Å². The minimum Gasteiger partial charge on any atom is -0.493 e. The van der Waals surface area contributed by atoms with Gasteiger partial charge in [0.2, 0.25) is 0 Å². The largest absolute Gasteiger partial charge is 0.493 e. The molecular formula is C24H28F4O. The zero-order valence-electron chi connectivity index (χ0n) is 17.0. The summed E-state index contributed by atoms with van der Waals surface area (Å²) in [6.45, 7) is 4.12. The Morgan fingerprint density at radius 3 is 2.31 bits per heavy atom. The van der Waals surface area contributed by atoms with Crippen LogP contribution in [-0.2, 0) is 0 Å². The fourth-order valence-electron chi connectivity index (χ4n) is 4.45. The highest BCUT2D eigenvalue weighted by Crippen LogP contribution is 2.41. The fraction of sp³-hybridized carbons (Fsp3) is 0.500. The molecule has 0 spiro atoms. The van der Waals surface area contributed by atoms with Gasteiger partial charge < -0.3 is 4.74 Å². The molecule has 0 N–H and O–H groups in total. The molecule has 2 aromatic carbocycles. The second kappa shape index (κ2) is 9.64. The molecule has 1 nitrogen and oxygen atoms in total. The summed E-state index contributed by atoms with van der Waals surface area (Å²) >= 11 is 0. The van der Waals surface area contributed by atoms with E-state index in [4.69, 9.17) is 4.74 Å². The number of benzene rings is 2. The van der Waals surface area contributed by atoms with Crippen LogP contribution in [0, 0.1) is 17.6 Å². The lowest BCUT2D eigenvalue weighted by Crippen LogP contribution is -2.15. The van der Waals surface area contributed by atoms with Crippen molar-refractivity contribution in [1.29, 1.82) is 0 Å². The van der Waals surface area contributed by atoms with Crippen LogP contribution in [0.25, 0.3) is 11.1 Å². The second-order valence-corrected chi connectivity index (χ2v) is 7.82. The molecule has 5 heteroatoms. The molecule has 2 aromatic rings. The molecule has 3 rings (SSSR count). The van der Waals surface area contributed by atoms with Crippen molar-refractivity contribution in [2.75, 3.05) is 6.61 Å². The number of hydrogen-bond acceptors (Lipinski definition) is 1. The lowest BCUT2D eigenvalue weighted by atomic mass is 9.77. The van der Waals surface area contributed by atoms with E-state index in [0.717, 1.165) is 32.1 Å². The first-order valence-electron chi connectivity index (χ1n) is 10.5. The van der Waals surface area contributed by atoms with Crippen LogP contribution in [0.3, 0.4) is 0 Å². The zero-order valence-corrected chi connectivity index (χ0v) is 17.0. The van der Waals surface area contributed by atoms with E-state index < -0.39 is 18.1 Å². The first-order chi connectivity index (χ1) is 14.0. The van der Waals surface area contributed by atoms with Crippen molar-refractivity contribution >= 4 is 0 Å². The third kappa shape index (κ3) is 4.76. The van der Waals surface area contributed by atoms with Crippen LogP contribution in [0.15, 0.2) is 30.3 Å². The van der Waals surface area contributed by atoms with E-state index in [1.165, 1.54) is 30.7 Å². The third-order valence-electron chi connectivity index (χ3n) is 5.95. The van der Waals surface area contributed by atoms with Crippen LogP contribution in [-0.4, -0.2) is 6.61 Å². The molecule has 0 aliphatic heterocycles. The zero-order chi connectivity index (χ0) is 21.0. The van der Waals surface area contributed by atoms with E-state index in [1.807, 2.05) is 0 Å². The Morgan fingerprint density at radius 2 is 1.69 bits per heavy atom. The van der Waals surface area contributed by atoms with Crippen LogP contribution >= 0.6 is 0 Å². The van der Waals surface area contributed by atoms with Crippen molar-refractivity contribution in [2.45, 2.75) is 64.7 Å². The van der Waals surface area contributed by atoms with Gasteiger partial charge in [-0.25, -0.2) is 17.6 Å². The Balaban J connectivity index is 1.87. The summed E-state index contributed by atoms with van der Waals surface area (Å²) in [6, 6.07) is 7.20. The normalized spacial score (nSPS) is 19.6. The highest BCUT2D eigenvalue weighted by Gasteiger charge is 2.26. The molecule has 1 fully saturated rings. The van der Waals surface area contributed by atoms with Gasteiger partial charge in [0.1, 0.15) is 5.75 Å². The molecule has 158 valence electrons. The van der Waals surface area contributed by atoms with Gasteiger partial charge in [-0.2, -0.15) is 0 Å². The van der Waals surface area contributed by atoms with E-state index >= 15 is 0 Å². The Morgan fingerprint density at radius 1 is 0.966 bits per heavy atom. The highest BCUT2D eigenvalue weighted by molar-refractivity contribution is 5.67. The van der Waals surface area contributed by atoms with Gasteiger partial charge in [0.15, 0.2) is 11.6 Å². The third-order valence-corrected chi connectivity index (χ3v) is 5.95. The number of rotatable bonds is 7. The van der Waals surface area contributed by atoms with E-state index in [9.17, 15) is 17.6 Å². The Labute approximate surface area is 170 Å². The van der Waals surface area contributed by atoms with E-state index in [-0.39, 0.29) is 35.0 Å². The smallest absolute Gasteiger partial charge is 0.267 e. The molecule has 0 aromatic heterocycles. The summed E-state index contributed by atoms with van der Waals surface area (Å²) < 4.78 is 61.7. The van der Waals surface area contributed by atoms with Crippen molar-refractivity contribution in [3.8, 4) is 16.9 Å². The van der Waals surface area contributed by atoms with Gasteiger partial charge in [-0.15, -0.1) is 0 Å². The minimum absolute atomic E-state index is 0.00383. The summed E-state index contributed by atoms with van der Waals surface area (Å²) in [5, 5.41) is 0. The summed E-state index contributed by atoms with van der Waals surface area (Å²) in [6.07, 6.45) is 3.37. The van der Waals surface area contributed by atoms with E-state index in [1.54, 1.807) is 13.0 Å². The number of alkyl halides is 2. The SMILES string of the molecule is CCCC1CCC(c2ccc(-c3ccc(OCC)c(C(F)F)c3)c(F)c2F)CC1. The van der Waals surface area contributed by atoms with Crippen LogP contribution in [0.4, 0.5) is 17.6 Å². The predicted octanol–water partition coefficient (Wildman–Crippen LogP) is 8.04. The summed E-state index contributed by atoms with van der Waals surface area (Å²) in [7, 11) is 0. The van der Waals surface area contributed by atoms with Gasteiger partial charge in [0.05, 0.1) is 12.2 Å². The summed E-state index contributed by atoms with van der Waals surface area (Å²) in [5.41, 5.74) is 0.304. The molecule has 1 aliphatic rings. The molecule has 0 bridgehead atoms. The topological polar surface area (TPSA) is 9.23 Å². The molecule has 0 heterocycles. The van der Waals surface area contributed by atoms with Crippen molar-refractivity contribution in [3.05, 3.63) is 53.1 Å². The van der Waals surface area contributed by atoms with Gasteiger partial charge in [-0.1, -0.05) is 38.0 Å². The molecular weight excluding hydrogens is 380 g/mol. The quantitative estimate of drug-likeness (QED) is 0.421. The molecule has 1 saturated carbocycles. The number of halogens is 4. The lowest BCUT2D eigenvalue weighted by Gasteiger charge is -2.29. The molecule has 0 radical (unpaired) electrons. The Kier molecular flexibility index (Phi) is 7.20. The second-order valence-electron chi connectivity index (χ2n) is 7.82. The van der Waals surface area contributed by atoms with Crippen molar-refractivity contribution in [3.63, 3.8) is 0 Å². The number of ether oxygens (including phenoxy) is 1. The first kappa shape index (κ1) is 21.7. The first-order valence-corrected chi connectivity index (χ1v) is 10.5. The van der Waals surface area contributed by atoms with Gasteiger partial charge in [0.25, 0.3) is 6.43 Å². The maximum atomic E-state index is 14.9. The van der Waals surface area contributed by atoms with Crippen LogP contribution in [0.2, 0.25) is 0 Å². The van der Waals surface area contributed by atoms with Crippen LogP contribution < -0.4 is 4.74 Å². The Bertz CT molecular complexity index is 826. The van der Waals surface area contributed by atoms with Crippen LogP contribution in [0.1, 0.15) is 75.8 Å². The predicted molar refractivity (Wildman–Crippen MR) is 108 cm³/mol. The monoisotopic (exact) mass is 408 g/mol. The maximum Gasteiger partial charge on any atom is 0.267 e. The van der Waals surface area contributed by atoms with Gasteiger partial charge >= 0.3 is 0 Å². The molecule has 1 aliphatic carbocycles. The molecule has 0 saturated heterocycles. The standard InChI is InChI=1S/C24H28F4O/c1-3-5-15-6-8-16(9-7-15)18-11-12-19(23(26)22(18)25)17-10-13-21(29-4-2)20(14-17)24(27)28/h10-16,24H,3-9H2,1-2H3. The Hall–Kier alpha value is -2.04. The molecule has 0 unspecified atom stereocenters. The van der Waals surface area contributed by atoms with E-state index in [2.05, 4.69) is 6.92 Å². The van der Waals surface area contributed by atoms with Crippen LogP contribution in [0.5, 0.6) is 5.75 Å². The average Bonchev–Trinajstić information content (AvgIpc) is 2.71. The van der Waals surface area contributed by atoms with Gasteiger partial charge in [0, 0.05) is 5.56 Å². The van der Waals surface area contributed by atoms with Gasteiger partial charge in [-0.05, 0) is 67.7 Å².